The van der Waals surface area contributed by atoms with Gasteiger partial charge < -0.3 is 24.6 Å². The molecule has 0 radical (unpaired) electrons. The Morgan fingerprint density at radius 3 is 2.64 bits per heavy atom. The molecule has 0 saturated carbocycles. The number of benzene rings is 2. The molecule has 1 spiro atoms. The summed E-state index contributed by atoms with van der Waals surface area (Å²) in [6.07, 6.45) is 3.46. The number of rotatable bonds is 7. The second-order valence-corrected chi connectivity index (χ2v) is 16.4. The summed E-state index contributed by atoms with van der Waals surface area (Å²) in [5, 5.41) is 6.77. The minimum atomic E-state index is -1.07. The van der Waals surface area contributed by atoms with Crippen LogP contribution >= 0.6 is 0 Å². The van der Waals surface area contributed by atoms with E-state index in [0.717, 1.165) is 41.4 Å². The molecule has 3 aromatic rings. The van der Waals surface area contributed by atoms with Gasteiger partial charge in [-0.15, -0.1) is 0 Å². The van der Waals surface area contributed by atoms with E-state index in [1.54, 1.807) is 32.9 Å². The number of hydrogen-bond donors (Lipinski definition) is 2. The van der Waals surface area contributed by atoms with Crippen LogP contribution in [0.4, 0.5) is 25.1 Å². The number of fused-ring (bicyclic) bond motifs is 3. The summed E-state index contributed by atoms with van der Waals surface area (Å²) >= 11 is 0. The van der Waals surface area contributed by atoms with Crippen molar-refractivity contribution in [3.63, 3.8) is 0 Å². The number of nitrogens with zero attached hydrogens (tertiary/aromatic N) is 5. The first kappa shape index (κ1) is 35.4. The van der Waals surface area contributed by atoms with Crippen molar-refractivity contribution >= 4 is 40.2 Å². The van der Waals surface area contributed by atoms with Gasteiger partial charge in [-0.05, 0) is 88.9 Å². The number of amides is 3. The van der Waals surface area contributed by atoms with Gasteiger partial charge in [-0.2, -0.15) is 9.97 Å². The average Bonchev–Trinajstić information content (AvgIpc) is 3.73. The smallest absolute Gasteiger partial charge is 0.322 e. The first-order valence-corrected chi connectivity index (χ1v) is 18.8. The summed E-state index contributed by atoms with van der Waals surface area (Å²) in [5.41, 5.74) is 0.718. The van der Waals surface area contributed by atoms with Crippen molar-refractivity contribution in [1.29, 1.82) is 0 Å². The Morgan fingerprint density at radius 2 is 1.89 bits per heavy atom. The Labute approximate surface area is 307 Å². The normalized spacial score (nSPS) is 25.8. The summed E-state index contributed by atoms with van der Waals surface area (Å²) in [7, 11) is 0. The Bertz CT molecular complexity index is 2000. The third kappa shape index (κ3) is 6.32. The van der Waals surface area contributed by atoms with Crippen molar-refractivity contribution in [1.82, 2.24) is 25.5 Å². The highest BCUT2D eigenvalue weighted by molar-refractivity contribution is 6.07. The molecule has 3 atom stereocenters. The number of nitrogens with one attached hydrogen (secondary N) is 2. The van der Waals surface area contributed by atoms with Crippen molar-refractivity contribution in [2.75, 3.05) is 49.1 Å². The molecule has 14 heteroatoms. The molecule has 0 bridgehead atoms. The molecular weight excluding hydrogens is 684 g/mol. The number of ether oxygens (including phenoxy) is 2. The Hall–Kier alpha value is -4.59. The van der Waals surface area contributed by atoms with Crippen LogP contribution in [0.3, 0.4) is 0 Å². The van der Waals surface area contributed by atoms with Gasteiger partial charge in [0.15, 0.2) is 0 Å². The number of carbonyl (C=O) groups is 3. The van der Waals surface area contributed by atoms with Crippen LogP contribution in [0, 0.1) is 11.2 Å². The molecule has 0 unspecified atom stereocenters. The summed E-state index contributed by atoms with van der Waals surface area (Å²) in [5.74, 6) is -0.0117. The highest BCUT2D eigenvalue weighted by atomic mass is 19.1. The standard InChI is InChI=1S/C39H47F2N7O5/c1-5-26-28(41)9-8-23-16-25(53-34(50)37(2,3)4)17-30(31(23)26)46-15-10-27-29(20-46)42-36(52-22-38-11-6-14-48(38)19-24(40)18-38)43-32(27)47-13-7-12-39(21-47)33(49)44-35(51)45-39/h8-9,16-17,24H,5-7,10-15,18-22H2,1-4H3,(H2,44,45,49,51)/t24-,38+,39-/m1/s1. The van der Waals surface area contributed by atoms with Gasteiger partial charge in [0.25, 0.3) is 5.91 Å². The van der Waals surface area contributed by atoms with Crippen molar-refractivity contribution in [3.05, 3.63) is 46.9 Å². The van der Waals surface area contributed by atoms with E-state index in [1.807, 2.05) is 17.9 Å². The van der Waals surface area contributed by atoms with E-state index in [1.165, 1.54) is 6.07 Å². The number of hydrogen-bond acceptors (Lipinski definition) is 10. The Morgan fingerprint density at radius 1 is 1.08 bits per heavy atom. The first-order valence-electron chi connectivity index (χ1n) is 18.8. The number of aromatic nitrogens is 2. The second kappa shape index (κ2) is 13.1. The minimum Gasteiger partial charge on any atom is -0.461 e. The maximum Gasteiger partial charge on any atom is 0.322 e. The lowest BCUT2D eigenvalue weighted by Gasteiger charge is -2.40. The topological polar surface area (TPSA) is 129 Å². The van der Waals surface area contributed by atoms with Crippen LogP contribution in [0.25, 0.3) is 10.8 Å². The molecule has 2 N–H and O–H groups in total. The van der Waals surface area contributed by atoms with E-state index in [2.05, 4.69) is 20.4 Å². The van der Waals surface area contributed by atoms with Crippen LogP contribution in [0.15, 0.2) is 24.3 Å². The molecule has 5 aliphatic heterocycles. The molecule has 1 aromatic heterocycles. The van der Waals surface area contributed by atoms with E-state index in [0.29, 0.717) is 81.1 Å². The fourth-order valence-electron chi connectivity index (χ4n) is 9.00. The maximum absolute atomic E-state index is 15.4. The number of anilines is 2. The van der Waals surface area contributed by atoms with E-state index in [9.17, 15) is 18.8 Å². The lowest BCUT2D eigenvalue weighted by atomic mass is 9.88. The van der Waals surface area contributed by atoms with Crippen molar-refractivity contribution in [3.8, 4) is 11.8 Å². The monoisotopic (exact) mass is 731 g/mol. The van der Waals surface area contributed by atoms with E-state index < -0.39 is 28.7 Å². The molecule has 282 valence electrons. The number of urea groups is 1. The van der Waals surface area contributed by atoms with Gasteiger partial charge in [0.05, 0.1) is 29.7 Å². The minimum absolute atomic E-state index is 0.168. The molecule has 4 fully saturated rings. The van der Waals surface area contributed by atoms with Crippen LogP contribution in [-0.2, 0) is 29.0 Å². The number of aryl methyl sites for hydroxylation is 1. The third-order valence-electron chi connectivity index (χ3n) is 11.7. The molecule has 0 aliphatic carbocycles. The van der Waals surface area contributed by atoms with Gasteiger partial charge in [-0.1, -0.05) is 13.0 Å². The van der Waals surface area contributed by atoms with E-state index in [4.69, 9.17) is 19.4 Å². The van der Waals surface area contributed by atoms with Crippen LogP contribution in [-0.4, -0.2) is 89.4 Å². The quantitative estimate of drug-likeness (QED) is 0.195. The van der Waals surface area contributed by atoms with Crippen LogP contribution in [0.2, 0.25) is 0 Å². The molecule has 5 aliphatic rings. The molecule has 6 heterocycles. The zero-order valence-corrected chi connectivity index (χ0v) is 30.8. The molecule has 3 amide bonds. The summed E-state index contributed by atoms with van der Waals surface area (Å²) in [6.45, 7) is 10.5. The molecule has 2 aromatic carbocycles. The first-order chi connectivity index (χ1) is 25.3. The number of halogens is 2. The molecule has 12 nitrogen and oxygen atoms in total. The highest BCUT2D eigenvalue weighted by Gasteiger charge is 2.51. The number of alkyl halides is 1. The van der Waals surface area contributed by atoms with E-state index >= 15 is 4.39 Å². The highest BCUT2D eigenvalue weighted by Crippen LogP contribution is 2.42. The molecular formula is C39H47F2N7O5. The average molecular weight is 732 g/mol. The number of esters is 1. The number of piperidine rings is 1. The lowest BCUT2D eigenvalue weighted by molar-refractivity contribution is -0.143. The van der Waals surface area contributed by atoms with Crippen molar-refractivity contribution in [2.45, 2.75) is 96.4 Å². The van der Waals surface area contributed by atoms with Gasteiger partial charge in [0.2, 0.25) is 0 Å². The largest absolute Gasteiger partial charge is 0.461 e. The summed E-state index contributed by atoms with van der Waals surface area (Å²) in [4.78, 5) is 54.6. The predicted molar refractivity (Wildman–Crippen MR) is 195 cm³/mol. The Balaban J connectivity index is 1.19. The molecule has 4 saturated heterocycles. The Kier molecular flexibility index (Phi) is 8.74. The zero-order chi connectivity index (χ0) is 37.3. The molecule has 53 heavy (non-hydrogen) atoms. The van der Waals surface area contributed by atoms with Gasteiger partial charge in [-0.3, -0.25) is 19.8 Å². The lowest BCUT2D eigenvalue weighted by Crippen LogP contribution is -2.59. The molecule has 8 rings (SSSR count). The van der Waals surface area contributed by atoms with Gasteiger partial charge >= 0.3 is 18.0 Å². The second-order valence-electron chi connectivity index (χ2n) is 16.4. The number of carbonyl (C=O) groups excluding carboxylic acids is 3. The van der Waals surface area contributed by atoms with Crippen LogP contribution in [0.1, 0.15) is 76.6 Å². The van der Waals surface area contributed by atoms with Crippen molar-refractivity contribution < 1.29 is 32.6 Å². The summed E-state index contributed by atoms with van der Waals surface area (Å²) in [6, 6.07) is 6.43. The van der Waals surface area contributed by atoms with Crippen LogP contribution in [0.5, 0.6) is 11.8 Å². The van der Waals surface area contributed by atoms with Gasteiger partial charge in [0.1, 0.15) is 35.7 Å². The van der Waals surface area contributed by atoms with Crippen LogP contribution < -0.4 is 29.9 Å². The van der Waals surface area contributed by atoms with Gasteiger partial charge in [0, 0.05) is 48.8 Å². The van der Waals surface area contributed by atoms with Gasteiger partial charge in [-0.25, -0.2) is 13.6 Å². The predicted octanol–water partition coefficient (Wildman–Crippen LogP) is 4.98. The fourth-order valence-corrected chi connectivity index (χ4v) is 9.00. The van der Waals surface area contributed by atoms with E-state index in [-0.39, 0.29) is 36.9 Å². The number of imide groups is 1. The fraction of sp³-hybridized carbons (Fsp3) is 0.564. The maximum atomic E-state index is 15.4. The van der Waals surface area contributed by atoms with Crippen molar-refractivity contribution in [2.24, 2.45) is 5.41 Å². The SMILES string of the molecule is CCc1c(F)ccc2cc(OC(=O)C(C)(C)C)cc(N3CCc4c(nc(OC[C@@]56CCCN5C[C@H](F)C6)nc4N4CCC[C@]5(C4)NC(=O)NC5=O)C3)c12. The third-order valence-corrected chi connectivity index (χ3v) is 11.7. The summed E-state index contributed by atoms with van der Waals surface area (Å²) < 4.78 is 42.3. The zero-order valence-electron chi connectivity index (χ0n) is 30.8.